The molecule has 0 radical (unpaired) electrons. The summed E-state index contributed by atoms with van der Waals surface area (Å²) in [5.41, 5.74) is 0.675. The Morgan fingerprint density at radius 3 is 2.72 bits per heavy atom. The smallest absolute Gasteiger partial charge is 0.339 e. The molecule has 10 heteroatoms. The average Bonchev–Trinajstić information content (AvgIpc) is 3.21. The third kappa shape index (κ3) is 4.48. The summed E-state index contributed by atoms with van der Waals surface area (Å²) in [5.74, 6) is -0.362. The lowest BCUT2D eigenvalue weighted by Crippen LogP contribution is -2.22. The van der Waals surface area contributed by atoms with Gasteiger partial charge in [-0.2, -0.15) is 13.2 Å². The number of Topliss-reactive ketones (excluding diaryl/α,β-unsaturated/α-hetero) is 1. The molecular weight excluding hydrogens is 423 g/mol. The molecule has 3 rings (SSSR count). The van der Waals surface area contributed by atoms with Crippen molar-refractivity contribution in [3.8, 4) is 0 Å². The Morgan fingerprint density at radius 2 is 2.07 bits per heavy atom. The number of thiophene rings is 1. The molecule has 3 heterocycles. The number of rotatable bonds is 7. The van der Waals surface area contributed by atoms with E-state index in [-0.39, 0.29) is 34.9 Å². The number of alkyl halides is 3. The number of hydrogen-bond donors (Lipinski definition) is 0. The molecule has 0 atom stereocenters. The van der Waals surface area contributed by atoms with Gasteiger partial charge in [0.15, 0.2) is 10.9 Å². The van der Waals surface area contributed by atoms with E-state index >= 15 is 0 Å². The van der Waals surface area contributed by atoms with E-state index in [0.717, 1.165) is 16.3 Å². The lowest BCUT2D eigenvalue weighted by molar-refractivity contribution is -0.141. The van der Waals surface area contributed by atoms with Crippen LogP contribution in [0.5, 0.6) is 0 Å². The summed E-state index contributed by atoms with van der Waals surface area (Å²) in [6, 6.07) is 3.17. The van der Waals surface area contributed by atoms with Crippen LogP contribution in [0.2, 0.25) is 0 Å². The molecule has 0 saturated carbocycles. The van der Waals surface area contributed by atoms with Crippen molar-refractivity contribution >= 4 is 39.1 Å². The van der Waals surface area contributed by atoms with Crippen LogP contribution in [0.15, 0.2) is 40.1 Å². The third-order valence-electron chi connectivity index (χ3n) is 4.40. The van der Waals surface area contributed by atoms with Crippen LogP contribution in [0.4, 0.5) is 13.2 Å². The molecule has 29 heavy (non-hydrogen) atoms. The Bertz CT molecular complexity index is 1140. The maximum absolute atomic E-state index is 12.8. The number of halogens is 3. The van der Waals surface area contributed by atoms with Gasteiger partial charge in [0.05, 0.1) is 11.1 Å². The van der Waals surface area contributed by atoms with Crippen LogP contribution in [-0.2, 0) is 13.1 Å². The zero-order valence-corrected chi connectivity index (χ0v) is 17.4. The fraction of sp³-hybridized carbons (Fsp3) is 0.316. The van der Waals surface area contributed by atoms with E-state index in [1.165, 1.54) is 35.8 Å². The van der Waals surface area contributed by atoms with Gasteiger partial charge < -0.3 is 4.57 Å². The van der Waals surface area contributed by atoms with Crippen LogP contribution in [0.25, 0.3) is 10.2 Å². The summed E-state index contributed by atoms with van der Waals surface area (Å²) in [7, 11) is 0. The highest BCUT2D eigenvalue weighted by Gasteiger charge is 2.30. The van der Waals surface area contributed by atoms with Crippen LogP contribution < -0.4 is 5.56 Å². The van der Waals surface area contributed by atoms with Crippen LogP contribution in [-0.4, -0.2) is 31.8 Å². The van der Waals surface area contributed by atoms with Crippen LogP contribution in [0, 0.1) is 13.8 Å². The van der Waals surface area contributed by atoms with E-state index in [0.29, 0.717) is 21.1 Å². The van der Waals surface area contributed by atoms with Gasteiger partial charge >= 0.3 is 6.18 Å². The molecule has 0 aromatic carbocycles. The second-order valence-corrected chi connectivity index (χ2v) is 8.27. The van der Waals surface area contributed by atoms with E-state index in [2.05, 4.69) is 11.6 Å². The fourth-order valence-corrected chi connectivity index (χ4v) is 4.74. The van der Waals surface area contributed by atoms with E-state index < -0.39 is 12.7 Å². The number of hydrogen-bond acceptors (Lipinski definition) is 5. The number of thioether (sulfide) groups is 1. The maximum Gasteiger partial charge on any atom is 0.406 e. The Balaban J connectivity index is 1.86. The lowest BCUT2D eigenvalue weighted by atomic mass is 10.2. The molecule has 154 valence electrons. The van der Waals surface area contributed by atoms with Gasteiger partial charge in [-0.05, 0) is 31.4 Å². The molecule has 0 bridgehead atoms. The van der Waals surface area contributed by atoms with Gasteiger partial charge in [0.2, 0.25) is 0 Å². The number of aromatic nitrogens is 3. The number of nitrogens with zero attached hydrogens (tertiary/aromatic N) is 3. The second kappa shape index (κ2) is 8.19. The second-order valence-electron chi connectivity index (χ2n) is 6.44. The predicted octanol–water partition coefficient (Wildman–Crippen LogP) is 4.60. The molecule has 3 aromatic heterocycles. The number of carbonyl (C=O) groups excluding carboxylic acids is 1. The number of ketones is 1. The summed E-state index contributed by atoms with van der Waals surface area (Å²) in [5, 5.41) is 2.65. The standard InChI is InChI=1S/C19H18F3N3O2S2/c1-4-6-24-17(27)13-5-7-28-16(13)23-18(24)29-9-15(26)14-8-11(2)25(12(14)3)10-19(20,21)22/h4-5,7-8H,1,6,9-10H2,2-3H3. The minimum Gasteiger partial charge on any atom is -0.339 e. The third-order valence-corrected chi connectivity index (χ3v) is 6.19. The van der Waals surface area contributed by atoms with Crippen molar-refractivity contribution in [1.29, 1.82) is 0 Å². The van der Waals surface area contributed by atoms with Gasteiger partial charge in [0, 0.05) is 23.5 Å². The van der Waals surface area contributed by atoms with Crippen molar-refractivity contribution in [3.05, 3.63) is 57.5 Å². The van der Waals surface area contributed by atoms with Crippen LogP contribution in [0.1, 0.15) is 21.7 Å². The molecule has 0 saturated heterocycles. The van der Waals surface area contributed by atoms with Crippen molar-refractivity contribution in [2.45, 2.75) is 38.3 Å². The largest absolute Gasteiger partial charge is 0.406 e. The Hall–Kier alpha value is -2.33. The average molecular weight is 442 g/mol. The van der Waals surface area contributed by atoms with Crippen molar-refractivity contribution in [2.75, 3.05) is 5.75 Å². The summed E-state index contributed by atoms with van der Waals surface area (Å²) in [4.78, 5) is 30.4. The minimum atomic E-state index is -4.37. The highest BCUT2D eigenvalue weighted by molar-refractivity contribution is 7.99. The van der Waals surface area contributed by atoms with Crippen molar-refractivity contribution in [2.24, 2.45) is 0 Å². The lowest BCUT2D eigenvalue weighted by Gasteiger charge is -2.12. The predicted molar refractivity (Wildman–Crippen MR) is 109 cm³/mol. The molecule has 0 amide bonds. The first-order chi connectivity index (χ1) is 13.6. The molecule has 0 aliphatic rings. The number of aryl methyl sites for hydroxylation is 1. The van der Waals surface area contributed by atoms with E-state index in [1.54, 1.807) is 17.5 Å². The summed E-state index contributed by atoms with van der Waals surface area (Å²) >= 11 is 2.42. The van der Waals surface area contributed by atoms with Crippen molar-refractivity contribution in [3.63, 3.8) is 0 Å². The van der Waals surface area contributed by atoms with E-state index in [9.17, 15) is 22.8 Å². The zero-order chi connectivity index (χ0) is 21.3. The van der Waals surface area contributed by atoms with Crippen molar-refractivity contribution in [1.82, 2.24) is 14.1 Å². The normalized spacial score (nSPS) is 11.9. The number of allylic oxidation sites excluding steroid dienone is 1. The molecule has 0 aliphatic carbocycles. The summed E-state index contributed by atoms with van der Waals surface area (Å²) in [6.07, 6.45) is -2.80. The van der Waals surface area contributed by atoms with Gasteiger partial charge in [0.1, 0.15) is 11.4 Å². The number of fused-ring (bicyclic) bond motifs is 1. The monoisotopic (exact) mass is 441 g/mol. The summed E-state index contributed by atoms with van der Waals surface area (Å²) in [6.45, 7) is 5.79. The zero-order valence-electron chi connectivity index (χ0n) is 15.7. The minimum absolute atomic E-state index is 0.0449. The molecular formula is C19H18F3N3O2S2. The SMILES string of the molecule is C=CCn1c(SCC(=O)c2cc(C)n(CC(F)(F)F)c2C)nc2sccc2c1=O. The Morgan fingerprint density at radius 1 is 1.34 bits per heavy atom. The topological polar surface area (TPSA) is 56.9 Å². The maximum atomic E-state index is 12.8. The van der Waals surface area contributed by atoms with Crippen molar-refractivity contribution < 1.29 is 18.0 Å². The molecule has 0 aliphatic heterocycles. The Labute approximate surface area is 172 Å². The molecule has 5 nitrogen and oxygen atoms in total. The first kappa shape index (κ1) is 21.4. The molecule has 0 N–H and O–H groups in total. The highest BCUT2D eigenvalue weighted by atomic mass is 32.2. The molecule has 3 aromatic rings. The van der Waals surface area contributed by atoms with E-state index in [4.69, 9.17) is 0 Å². The van der Waals surface area contributed by atoms with Gasteiger partial charge in [0.25, 0.3) is 5.56 Å². The van der Waals surface area contributed by atoms with Gasteiger partial charge in [-0.1, -0.05) is 17.8 Å². The van der Waals surface area contributed by atoms with Gasteiger partial charge in [-0.15, -0.1) is 17.9 Å². The first-order valence-electron chi connectivity index (χ1n) is 8.60. The van der Waals surface area contributed by atoms with Crippen LogP contribution >= 0.6 is 23.1 Å². The quantitative estimate of drug-likeness (QED) is 0.233. The van der Waals surface area contributed by atoms with E-state index in [1.807, 2.05) is 0 Å². The molecule has 0 fully saturated rings. The molecule has 0 unspecified atom stereocenters. The number of carbonyl (C=O) groups is 1. The first-order valence-corrected chi connectivity index (χ1v) is 10.5. The molecule has 0 spiro atoms. The van der Waals surface area contributed by atoms with Gasteiger partial charge in [-0.25, -0.2) is 4.98 Å². The fourth-order valence-electron chi connectivity index (χ4n) is 3.04. The highest BCUT2D eigenvalue weighted by Crippen LogP contribution is 2.26. The summed E-state index contributed by atoms with van der Waals surface area (Å²) < 4.78 is 40.9. The van der Waals surface area contributed by atoms with Gasteiger partial charge in [-0.3, -0.25) is 14.2 Å². The Kier molecular flexibility index (Phi) is 6.04. The van der Waals surface area contributed by atoms with Crippen LogP contribution in [0.3, 0.4) is 0 Å².